The molecule has 0 saturated heterocycles. The van der Waals surface area contributed by atoms with Crippen molar-refractivity contribution in [3.8, 4) is 11.4 Å². The Morgan fingerprint density at radius 1 is 1.27 bits per heavy atom. The van der Waals surface area contributed by atoms with E-state index in [0.717, 1.165) is 22.1 Å². The predicted molar refractivity (Wildman–Crippen MR) is 130 cm³/mol. The Morgan fingerprint density at radius 3 is 2.78 bits per heavy atom. The fraction of sp³-hybridized carbons (Fsp3) is 0.407. The van der Waals surface area contributed by atoms with Gasteiger partial charge in [-0.05, 0) is 55.4 Å². The molecule has 0 spiro atoms. The first kappa shape index (κ1) is 23.7. The van der Waals surface area contributed by atoms with Crippen LogP contribution in [0.25, 0.3) is 22.3 Å². The van der Waals surface area contributed by atoms with Crippen LogP contribution in [0.5, 0.6) is 0 Å². The molecule has 4 heterocycles. The van der Waals surface area contributed by atoms with Gasteiger partial charge in [-0.25, -0.2) is 14.2 Å². The highest BCUT2D eigenvalue weighted by Crippen LogP contribution is 2.42. The molecule has 0 fully saturated rings. The SMILES string of the molecule is CC[C@@]1(O)C(=O)OCc2c1cc1n(c2=O)Cc2c-1nc1cc(F)c(C)c3c1c2CC(NC(=O)CO)CC3. The number of carbonyl (C=O) groups is 2. The number of halogens is 1. The van der Waals surface area contributed by atoms with E-state index in [-0.39, 0.29) is 48.1 Å². The van der Waals surface area contributed by atoms with Gasteiger partial charge in [-0.3, -0.25) is 9.59 Å². The molecule has 10 heteroatoms. The van der Waals surface area contributed by atoms with Crippen molar-refractivity contribution in [1.82, 2.24) is 14.9 Å². The summed E-state index contributed by atoms with van der Waals surface area (Å²) in [5.41, 5.74) is 2.52. The first-order chi connectivity index (χ1) is 17.7. The molecule has 0 radical (unpaired) electrons. The van der Waals surface area contributed by atoms with E-state index in [1.807, 2.05) is 0 Å². The van der Waals surface area contributed by atoms with E-state index in [4.69, 9.17) is 9.72 Å². The monoisotopic (exact) mass is 507 g/mol. The molecule has 1 unspecified atom stereocenters. The van der Waals surface area contributed by atoms with Crippen LogP contribution in [0.1, 0.15) is 53.1 Å². The molecule has 3 aliphatic rings. The number of pyridine rings is 2. The van der Waals surface area contributed by atoms with Crippen LogP contribution in [0.2, 0.25) is 0 Å². The number of nitrogens with one attached hydrogen (secondary N) is 1. The zero-order valence-corrected chi connectivity index (χ0v) is 20.5. The lowest BCUT2D eigenvalue weighted by Crippen LogP contribution is -2.44. The molecule has 1 aromatic carbocycles. The molecular formula is C27H26FN3O6. The highest BCUT2D eigenvalue weighted by molar-refractivity contribution is 5.92. The van der Waals surface area contributed by atoms with Crippen molar-refractivity contribution in [2.45, 2.75) is 64.3 Å². The van der Waals surface area contributed by atoms with Gasteiger partial charge in [-0.15, -0.1) is 0 Å². The summed E-state index contributed by atoms with van der Waals surface area (Å²) in [5, 5.41) is 24.1. The minimum atomic E-state index is -1.94. The molecule has 2 atom stereocenters. The normalized spacial score (nSPS) is 21.6. The van der Waals surface area contributed by atoms with Crippen LogP contribution >= 0.6 is 0 Å². The lowest BCUT2D eigenvalue weighted by Gasteiger charge is -2.31. The molecule has 2 aliphatic heterocycles. The average Bonchev–Trinajstić information content (AvgIpc) is 3.14. The van der Waals surface area contributed by atoms with Gasteiger partial charge < -0.3 is 24.8 Å². The van der Waals surface area contributed by atoms with Crippen LogP contribution in [0.4, 0.5) is 4.39 Å². The third-order valence-electron chi connectivity index (χ3n) is 8.12. The van der Waals surface area contributed by atoms with Crippen LogP contribution in [0.3, 0.4) is 0 Å². The molecule has 0 saturated carbocycles. The van der Waals surface area contributed by atoms with Gasteiger partial charge in [0.25, 0.3) is 5.56 Å². The van der Waals surface area contributed by atoms with Crippen LogP contribution in [0, 0.1) is 12.7 Å². The van der Waals surface area contributed by atoms with Crippen LogP contribution in [-0.2, 0) is 45.9 Å². The second kappa shape index (κ2) is 8.19. The number of cyclic esters (lactones) is 1. The number of rotatable bonds is 3. The summed E-state index contributed by atoms with van der Waals surface area (Å²) in [6.07, 6.45) is 1.53. The smallest absolute Gasteiger partial charge is 0.343 e. The van der Waals surface area contributed by atoms with Gasteiger partial charge in [0.2, 0.25) is 5.91 Å². The van der Waals surface area contributed by atoms with Gasteiger partial charge in [-0.2, -0.15) is 0 Å². The summed E-state index contributed by atoms with van der Waals surface area (Å²) in [4.78, 5) is 42.8. The van der Waals surface area contributed by atoms with Crippen LogP contribution < -0.4 is 10.9 Å². The lowest BCUT2D eigenvalue weighted by molar-refractivity contribution is -0.172. The second-order valence-corrected chi connectivity index (χ2v) is 10.0. The summed E-state index contributed by atoms with van der Waals surface area (Å²) in [6.45, 7) is 2.72. The van der Waals surface area contributed by atoms with E-state index in [9.17, 15) is 29.0 Å². The molecule has 1 aliphatic carbocycles. The molecule has 192 valence electrons. The molecule has 1 amide bonds. The Bertz CT molecular complexity index is 1600. The number of aliphatic hydroxyl groups is 2. The largest absolute Gasteiger partial charge is 0.458 e. The third kappa shape index (κ3) is 3.28. The Kier molecular flexibility index (Phi) is 5.26. The van der Waals surface area contributed by atoms with Gasteiger partial charge >= 0.3 is 5.97 Å². The molecule has 3 aromatic rings. The number of ether oxygens (including phenoxy) is 1. The van der Waals surface area contributed by atoms with Crippen molar-refractivity contribution < 1.29 is 28.9 Å². The van der Waals surface area contributed by atoms with E-state index < -0.39 is 24.1 Å². The van der Waals surface area contributed by atoms with Gasteiger partial charge in [-0.1, -0.05) is 6.92 Å². The summed E-state index contributed by atoms with van der Waals surface area (Å²) >= 11 is 0. The minimum Gasteiger partial charge on any atom is -0.458 e. The highest BCUT2D eigenvalue weighted by Gasteiger charge is 2.45. The summed E-state index contributed by atoms with van der Waals surface area (Å²) in [5.74, 6) is -1.67. The van der Waals surface area contributed by atoms with E-state index in [2.05, 4.69) is 5.32 Å². The lowest BCUT2D eigenvalue weighted by atomic mass is 9.86. The molecular weight excluding hydrogens is 481 g/mol. The number of benzene rings is 1. The molecule has 37 heavy (non-hydrogen) atoms. The standard InChI is InChI=1S/C27H26FN3O6/c1-3-27(36)18-7-21-24-16(9-31(21)25(34)17(18)11-37-26(27)35)15-6-13(29-22(33)10-32)4-5-14-12(2)19(28)8-20(30-24)23(14)15/h7-8,13,32,36H,3-6,9-11H2,1-2H3,(H,29,33)/t13?,27-/m0/s1. The molecule has 3 N–H and O–H groups in total. The maximum Gasteiger partial charge on any atom is 0.343 e. The number of hydrogen-bond acceptors (Lipinski definition) is 7. The predicted octanol–water partition coefficient (Wildman–Crippen LogP) is 1.49. The van der Waals surface area contributed by atoms with Gasteiger partial charge in [0.15, 0.2) is 5.60 Å². The van der Waals surface area contributed by atoms with Crippen molar-refractivity contribution >= 4 is 22.8 Å². The zero-order valence-electron chi connectivity index (χ0n) is 20.5. The first-order valence-corrected chi connectivity index (χ1v) is 12.4. The maximum absolute atomic E-state index is 15.0. The minimum absolute atomic E-state index is 0.0328. The van der Waals surface area contributed by atoms with Crippen molar-refractivity contribution in [3.05, 3.63) is 61.7 Å². The number of nitrogens with zero attached hydrogens (tertiary/aromatic N) is 2. The number of amides is 1. The van der Waals surface area contributed by atoms with Crippen molar-refractivity contribution in [2.75, 3.05) is 6.61 Å². The zero-order chi connectivity index (χ0) is 26.2. The van der Waals surface area contributed by atoms with Gasteiger partial charge in [0.05, 0.1) is 29.0 Å². The fourth-order valence-corrected chi connectivity index (χ4v) is 6.09. The number of aromatic nitrogens is 2. The molecule has 2 aromatic heterocycles. The number of aliphatic hydroxyl groups excluding tert-OH is 1. The Morgan fingerprint density at radius 2 is 2.05 bits per heavy atom. The quantitative estimate of drug-likeness (QED) is 0.358. The van der Waals surface area contributed by atoms with Crippen molar-refractivity contribution in [2.24, 2.45) is 0 Å². The average molecular weight is 508 g/mol. The first-order valence-electron chi connectivity index (χ1n) is 12.4. The van der Waals surface area contributed by atoms with Gasteiger partial charge in [0.1, 0.15) is 19.0 Å². The van der Waals surface area contributed by atoms with Crippen molar-refractivity contribution in [1.29, 1.82) is 0 Å². The molecule has 9 nitrogen and oxygen atoms in total. The second-order valence-electron chi connectivity index (χ2n) is 10.0. The molecule has 6 rings (SSSR count). The Balaban J connectivity index is 1.61. The Hall–Kier alpha value is -3.63. The number of hydrogen-bond donors (Lipinski definition) is 3. The summed E-state index contributed by atoms with van der Waals surface area (Å²) in [7, 11) is 0. The Labute approximate surface area is 210 Å². The van der Waals surface area contributed by atoms with Gasteiger partial charge in [0, 0.05) is 28.6 Å². The van der Waals surface area contributed by atoms with Crippen LogP contribution in [-0.4, -0.2) is 44.3 Å². The fourth-order valence-electron chi connectivity index (χ4n) is 6.09. The number of fused-ring (bicyclic) bond motifs is 5. The number of esters is 1. The maximum atomic E-state index is 15.0. The summed E-state index contributed by atoms with van der Waals surface area (Å²) < 4.78 is 21.7. The highest BCUT2D eigenvalue weighted by atomic mass is 19.1. The van der Waals surface area contributed by atoms with Crippen LogP contribution in [0.15, 0.2) is 16.9 Å². The van der Waals surface area contributed by atoms with E-state index in [1.54, 1.807) is 24.5 Å². The van der Waals surface area contributed by atoms with E-state index >= 15 is 0 Å². The third-order valence-corrected chi connectivity index (χ3v) is 8.12. The number of aryl methyl sites for hydroxylation is 1. The van der Waals surface area contributed by atoms with Crippen molar-refractivity contribution in [3.63, 3.8) is 0 Å². The van der Waals surface area contributed by atoms with E-state index in [1.165, 1.54) is 6.07 Å². The topological polar surface area (TPSA) is 131 Å². The van der Waals surface area contributed by atoms with E-state index in [0.29, 0.717) is 41.7 Å². The summed E-state index contributed by atoms with van der Waals surface area (Å²) in [6, 6.07) is 2.73. The molecule has 0 bridgehead atoms. The number of carbonyl (C=O) groups excluding carboxylic acids is 2.